The molecule has 0 aliphatic heterocycles. The van der Waals surface area contributed by atoms with Crippen LogP contribution in [0.4, 0.5) is 5.69 Å². The molecule has 0 spiro atoms. The molecule has 0 aliphatic carbocycles. The molecular weight excluding hydrogens is 256 g/mol. The van der Waals surface area contributed by atoms with Crippen LogP contribution in [0.3, 0.4) is 0 Å². The summed E-state index contributed by atoms with van der Waals surface area (Å²) in [4.78, 5) is 16.2. The number of rotatable bonds is 4. The van der Waals surface area contributed by atoms with Crippen molar-refractivity contribution in [3.05, 3.63) is 45.9 Å². The van der Waals surface area contributed by atoms with Crippen molar-refractivity contribution < 1.29 is 4.79 Å². The van der Waals surface area contributed by atoms with Crippen molar-refractivity contribution in [1.82, 2.24) is 4.98 Å². The molecule has 2 rings (SSSR count). The maximum Gasteiger partial charge on any atom is 0.230 e. The van der Waals surface area contributed by atoms with Crippen molar-refractivity contribution in [3.8, 4) is 0 Å². The number of benzene rings is 1. The fourth-order valence-corrected chi connectivity index (χ4v) is 2.57. The molecule has 2 aromatic rings. The third-order valence-electron chi connectivity index (χ3n) is 3.02. The Bertz CT molecular complexity index is 562. The van der Waals surface area contributed by atoms with Crippen LogP contribution in [0.5, 0.6) is 0 Å². The Hall–Kier alpha value is -1.68. The van der Waals surface area contributed by atoms with Gasteiger partial charge in [0.1, 0.15) is 0 Å². The van der Waals surface area contributed by atoms with Gasteiger partial charge in [0.05, 0.1) is 17.6 Å². The predicted molar refractivity (Wildman–Crippen MR) is 79.7 cm³/mol. The van der Waals surface area contributed by atoms with Crippen molar-refractivity contribution in [1.29, 1.82) is 0 Å². The van der Waals surface area contributed by atoms with Gasteiger partial charge in [-0.1, -0.05) is 32.0 Å². The molecule has 0 saturated heterocycles. The summed E-state index contributed by atoms with van der Waals surface area (Å²) in [6.07, 6.45) is 0.329. The average molecular weight is 274 g/mol. The van der Waals surface area contributed by atoms with Gasteiger partial charge >= 0.3 is 0 Å². The standard InChI is InChI=1S/C15H18N2OS/c1-10(2)13-6-4-5-11(3)15(13)17-14(18)7-12-8-19-9-16-12/h4-6,8-10H,7H2,1-3H3,(H,17,18). The monoisotopic (exact) mass is 274 g/mol. The lowest BCUT2D eigenvalue weighted by molar-refractivity contribution is -0.115. The number of anilines is 1. The molecule has 0 fully saturated rings. The lowest BCUT2D eigenvalue weighted by Gasteiger charge is -2.16. The number of nitrogens with zero attached hydrogens (tertiary/aromatic N) is 1. The number of carbonyl (C=O) groups is 1. The zero-order chi connectivity index (χ0) is 13.8. The molecule has 1 aromatic heterocycles. The minimum Gasteiger partial charge on any atom is -0.325 e. The average Bonchev–Trinajstić information content (AvgIpc) is 2.84. The minimum absolute atomic E-state index is 0.0119. The van der Waals surface area contributed by atoms with E-state index in [1.807, 2.05) is 24.4 Å². The van der Waals surface area contributed by atoms with Crippen molar-refractivity contribution in [2.75, 3.05) is 5.32 Å². The summed E-state index contributed by atoms with van der Waals surface area (Å²) in [5.41, 5.74) is 5.78. The first-order valence-corrected chi connectivity index (χ1v) is 7.28. The fraction of sp³-hybridized carbons (Fsp3) is 0.333. The molecule has 1 heterocycles. The summed E-state index contributed by atoms with van der Waals surface area (Å²) in [6, 6.07) is 6.11. The van der Waals surface area contributed by atoms with E-state index in [2.05, 4.69) is 30.2 Å². The van der Waals surface area contributed by atoms with E-state index >= 15 is 0 Å². The number of aryl methyl sites for hydroxylation is 1. The summed E-state index contributed by atoms with van der Waals surface area (Å²) in [5.74, 6) is 0.372. The van der Waals surface area contributed by atoms with Gasteiger partial charge in [-0.2, -0.15) is 0 Å². The molecule has 0 bridgehead atoms. The summed E-state index contributed by atoms with van der Waals surface area (Å²) >= 11 is 1.51. The molecule has 1 amide bonds. The van der Waals surface area contributed by atoms with Crippen molar-refractivity contribution in [3.63, 3.8) is 0 Å². The smallest absolute Gasteiger partial charge is 0.230 e. The molecule has 19 heavy (non-hydrogen) atoms. The number of hydrogen-bond donors (Lipinski definition) is 1. The number of aromatic nitrogens is 1. The van der Waals surface area contributed by atoms with Crippen molar-refractivity contribution in [2.24, 2.45) is 0 Å². The van der Waals surface area contributed by atoms with Crippen LogP contribution in [0.2, 0.25) is 0 Å². The van der Waals surface area contributed by atoms with Gasteiger partial charge in [-0.15, -0.1) is 11.3 Å². The number of nitrogens with one attached hydrogen (secondary N) is 1. The summed E-state index contributed by atoms with van der Waals surface area (Å²) in [6.45, 7) is 6.28. The number of carbonyl (C=O) groups excluding carboxylic acids is 1. The first kappa shape index (κ1) is 13.7. The second-order valence-electron chi connectivity index (χ2n) is 4.90. The lowest BCUT2D eigenvalue weighted by atomic mass is 9.98. The van der Waals surface area contributed by atoms with Crippen LogP contribution in [0, 0.1) is 6.92 Å². The number of para-hydroxylation sites is 1. The van der Waals surface area contributed by atoms with Gasteiger partial charge < -0.3 is 5.32 Å². The van der Waals surface area contributed by atoms with E-state index in [1.165, 1.54) is 16.9 Å². The van der Waals surface area contributed by atoms with Gasteiger partial charge in [-0.25, -0.2) is 4.98 Å². The van der Waals surface area contributed by atoms with Gasteiger partial charge in [0.25, 0.3) is 0 Å². The van der Waals surface area contributed by atoms with Crippen LogP contribution in [-0.4, -0.2) is 10.9 Å². The Labute approximate surface area is 117 Å². The van der Waals surface area contributed by atoms with E-state index in [9.17, 15) is 4.79 Å². The highest BCUT2D eigenvalue weighted by atomic mass is 32.1. The van der Waals surface area contributed by atoms with Gasteiger partial charge in [0.15, 0.2) is 0 Å². The van der Waals surface area contributed by atoms with E-state index in [4.69, 9.17) is 0 Å². The Morgan fingerprint density at radius 3 is 2.84 bits per heavy atom. The second kappa shape index (κ2) is 5.97. The molecule has 0 radical (unpaired) electrons. The first-order chi connectivity index (χ1) is 9.08. The lowest BCUT2D eigenvalue weighted by Crippen LogP contribution is -2.17. The van der Waals surface area contributed by atoms with E-state index in [0.29, 0.717) is 12.3 Å². The Balaban J connectivity index is 2.16. The van der Waals surface area contributed by atoms with Crippen LogP contribution in [0.25, 0.3) is 0 Å². The normalized spacial score (nSPS) is 10.7. The van der Waals surface area contributed by atoms with E-state index in [-0.39, 0.29) is 5.91 Å². The van der Waals surface area contributed by atoms with Crippen LogP contribution in [0.1, 0.15) is 36.6 Å². The Kier molecular flexibility index (Phi) is 4.32. The minimum atomic E-state index is -0.0119. The van der Waals surface area contributed by atoms with Gasteiger partial charge in [0, 0.05) is 11.1 Å². The quantitative estimate of drug-likeness (QED) is 0.922. The number of hydrogen-bond acceptors (Lipinski definition) is 3. The highest BCUT2D eigenvalue weighted by Gasteiger charge is 2.12. The molecule has 1 N–H and O–H groups in total. The topological polar surface area (TPSA) is 42.0 Å². The SMILES string of the molecule is Cc1cccc(C(C)C)c1NC(=O)Cc1cscn1. The third-order valence-corrected chi connectivity index (χ3v) is 3.65. The van der Waals surface area contributed by atoms with Gasteiger partial charge in [0.2, 0.25) is 5.91 Å². The molecule has 0 saturated carbocycles. The molecular formula is C15H18N2OS. The highest BCUT2D eigenvalue weighted by molar-refractivity contribution is 7.07. The fourth-order valence-electron chi connectivity index (χ4n) is 2.02. The molecule has 3 nitrogen and oxygen atoms in total. The number of amides is 1. The maximum atomic E-state index is 12.1. The van der Waals surface area contributed by atoms with Crippen LogP contribution in [-0.2, 0) is 11.2 Å². The van der Waals surface area contributed by atoms with E-state index in [1.54, 1.807) is 5.51 Å². The van der Waals surface area contributed by atoms with Crippen LogP contribution < -0.4 is 5.32 Å². The zero-order valence-electron chi connectivity index (χ0n) is 11.4. The maximum absolute atomic E-state index is 12.1. The van der Waals surface area contributed by atoms with Gasteiger partial charge in [-0.05, 0) is 24.0 Å². The molecule has 4 heteroatoms. The summed E-state index contributed by atoms with van der Waals surface area (Å²) < 4.78 is 0. The molecule has 0 unspecified atom stereocenters. The molecule has 0 atom stereocenters. The Morgan fingerprint density at radius 2 is 2.21 bits per heavy atom. The predicted octanol–water partition coefficient (Wildman–Crippen LogP) is 3.76. The zero-order valence-corrected chi connectivity index (χ0v) is 12.3. The van der Waals surface area contributed by atoms with Crippen LogP contribution >= 0.6 is 11.3 Å². The molecule has 1 aromatic carbocycles. The molecule has 0 aliphatic rings. The second-order valence-corrected chi connectivity index (χ2v) is 5.62. The van der Waals surface area contributed by atoms with E-state index in [0.717, 1.165) is 16.9 Å². The first-order valence-electron chi connectivity index (χ1n) is 6.34. The number of thiazole rings is 1. The van der Waals surface area contributed by atoms with Crippen LogP contribution in [0.15, 0.2) is 29.1 Å². The van der Waals surface area contributed by atoms with Gasteiger partial charge in [-0.3, -0.25) is 4.79 Å². The largest absolute Gasteiger partial charge is 0.325 e. The summed E-state index contributed by atoms with van der Waals surface area (Å²) in [5, 5.41) is 4.93. The molecule has 100 valence electrons. The van der Waals surface area contributed by atoms with Crippen molar-refractivity contribution in [2.45, 2.75) is 33.1 Å². The Morgan fingerprint density at radius 1 is 1.42 bits per heavy atom. The van der Waals surface area contributed by atoms with E-state index < -0.39 is 0 Å². The van der Waals surface area contributed by atoms with Crippen molar-refractivity contribution >= 4 is 22.9 Å². The third kappa shape index (κ3) is 3.41. The highest BCUT2D eigenvalue weighted by Crippen LogP contribution is 2.27. The summed E-state index contributed by atoms with van der Waals surface area (Å²) in [7, 11) is 0.